The molecular formula is C21H48O4P2. The summed E-state index contributed by atoms with van der Waals surface area (Å²) >= 11 is 0. The van der Waals surface area contributed by atoms with Crippen molar-refractivity contribution in [1.82, 2.24) is 0 Å². The summed E-state index contributed by atoms with van der Waals surface area (Å²) < 4.78 is 30.0. The van der Waals surface area contributed by atoms with E-state index in [9.17, 15) is 4.57 Å². The fourth-order valence-electron chi connectivity index (χ4n) is 3.87. The summed E-state index contributed by atoms with van der Waals surface area (Å²) in [4.78, 5) is 0. The summed E-state index contributed by atoms with van der Waals surface area (Å²) in [6.07, 6.45) is 17.7. The van der Waals surface area contributed by atoms with Gasteiger partial charge in [-0.1, -0.05) is 0 Å². The third kappa shape index (κ3) is 11.3. The molecule has 4 nitrogen and oxygen atoms in total. The van der Waals surface area contributed by atoms with E-state index in [1.54, 1.807) is 0 Å². The van der Waals surface area contributed by atoms with Crippen LogP contribution in [0.1, 0.15) is 97.8 Å². The Bertz CT molecular complexity index is 373. The van der Waals surface area contributed by atoms with Crippen molar-refractivity contribution in [3.63, 3.8) is 0 Å². The summed E-state index contributed by atoms with van der Waals surface area (Å²) in [6, 6.07) is 0. The summed E-state index contributed by atoms with van der Waals surface area (Å²) in [6.45, 7) is 6.40. The van der Waals surface area contributed by atoms with E-state index < -0.39 is 14.7 Å². The molecule has 0 aliphatic carbocycles. The van der Waals surface area contributed by atoms with E-state index in [0.29, 0.717) is 0 Å². The quantitative estimate of drug-likeness (QED) is 0.154. The molecule has 0 unspecified atom stereocenters. The molecule has 0 aliphatic heterocycles. The van der Waals surface area contributed by atoms with Crippen LogP contribution in [0.5, 0.6) is 0 Å². The van der Waals surface area contributed by atoms with Crippen molar-refractivity contribution in [2.24, 2.45) is 0 Å². The Balaban J connectivity index is 5.45. The normalized spacial score (nSPS) is 14.2. The third-order valence-corrected chi connectivity index (χ3v) is 14.2. The molecule has 0 rings (SSSR count). The molecule has 0 spiro atoms. The second kappa shape index (κ2) is 14.5. The summed E-state index contributed by atoms with van der Waals surface area (Å²) in [5.41, 5.74) is 0. The average Bonchev–Trinajstić information content (AvgIpc) is 2.66. The Kier molecular flexibility index (Phi) is 14.8. The zero-order chi connectivity index (χ0) is 20.7. The van der Waals surface area contributed by atoms with E-state index in [-0.39, 0.29) is 0 Å². The molecule has 0 aromatic rings. The van der Waals surface area contributed by atoms with Crippen molar-refractivity contribution in [3.8, 4) is 0 Å². The Morgan fingerprint density at radius 2 is 0.963 bits per heavy atom. The average molecular weight is 427 g/mol. The molecule has 0 amide bonds. The summed E-state index contributed by atoms with van der Waals surface area (Å²) in [5.74, 6) is 0. The van der Waals surface area contributed by atoms with Gasteiger partial charge in [0.25, 0.3) is 0 Å². The molecule has 6 heteroatoms. The van der Waals surface area contributed by atoms with Crippen LogP contribution in [0.2, 0.25) is 0 Å². The fourth-order valence-corrected chi connectivity index (χ4v) is 12.0. The number of hydrogen-bond donors (Lipinski definition) is 0. The van der Waals surface area contributed by atoms with Crippen molar-refractivity contribution >= 4 is 14.7 Å². The van der Waals surface area contributed by atoms with Gasteiger partial charge >= 0.3 is 170 Å². The maximum absolute atomic E-state index is 13.0. The van der Waals surface area contributed by atoms with Crippen LogP contribution in [0, 0.1) is 0 Å². The molecule has 0 aromatic heterocycles. The van der Waals surface area contributed by atoms with Gasteiger partial charge < -0.3 is 0 Å². The van der Waals surface area contributed by atoms with Crippen LogP contribution in [0.4, 0.5) is 0 Å². The molecule has 27 heavy (non-hydrogen) atoms. The summed E-state index contributed by atoms with van der Waals surface area (Å²) in [5, 5.41) is 0. The fraction of sp³-hybridized carbons (Fsp3) is 1.00. The Morgan fingerprint density at radius 3 is 1.22 bits per heavy atom. The van der Waals surface area contributed by atoms with Crippen LogP contribution in [0.3, 0.4) is 0 Å². The SMILES string of the molecule is CCCCCCP(C)(CCCCCC)(CCCCCC)OP(=O)(OC)OC. The number of rotatable bonds is 19. The standard InChI is InChI=1S/C21H48O4P2/c1-7-10-13-16-19-27(6,20-17-14-11-8-2,21-18-15-12-9-3)25-26(22,23-4)24-5/h7-21H2,1-6H3. The van der Waals surface area contributed by atoms with Crippen LogP contribution in [0.25, 0.3) is 0 Å². The first kappa shape index (κ1) is 27.5. The summed E-state index contributed by atoms with van der Waals surface area (Å²) in [7, 11) is -0.594. The molecule has 0 aromatic carbocycles. The predicted octanol–water partition coefficient (Wildman–Crippen LogP) is 8.24. The zero-order valence-corrected chi connectivity index (χ0v) is 20.9. The van der Waals surface area contributed by atoms with Gasteiger partial charge in [0.15, 0.2) is 0 Å². The molecule has 0 bridgehead atoms. The van der Waals surface area contributed by atoms with Crippen LogP contribution >= 0.6 is 14.7 Å². The van der Waals surface area contributed by atoms with Gasteiger partial charge in [0.1, 0.15) is 0 Å². The zero-order valence-electron chi connectivity index (χ0n) is 19.1. The molecule has 0 saturated carbocycles. The van der Waals surface area contributed by atoms with Crippen LogP contribution in [0.15, 0.2) is 0 Å². The first-order valence-corrected chi connectivity index (χ1v) is 15.9. The third-order valence-electron chi connectivity index (χ3n) is 5.73. The molecular weight excluding hydrogens is 378 g/mol. The van der Waals surface area contributed by atoms with Crippen LogP contribution in [-0.4, -0.2) is 39.4 Å². The van der Waals surface area contributed by atoms with Crippen molar-refractivity contribution < 1.29 is 17.9 Å². The molecule has 0 aliphatic rings. The first-order chi connectivity index (χ1) is 12.8. The maximum atomic E-state index is 13.0. The Hall–Kier alpha value is 0.540. The van der Waals surface area contributed by atoms with E-state index in [1.807, 2.05) is 0 Å². The van der Waals surface area contributed by atoms with Gasteiger partial charge in [-0.25, -0.2) is 0 Å². The van der Waals surface area contributed by atoms with Crippen molar-refractivity contribution in [2.45, 2.75) is 97.8 Å². The van der Waals surface area contributed by atoms with Gasteiger partial charge in [-0.05, 0) is 0 Å². The predicted molar refractivity (Wildman–Crippen MR) is 123 cm³/mol. The molecule has 0 fully saturated rings. The van der Waals surface area contributed by atoms with Crippen molar-refractivity contribution in [2.75, 3.05) is 39.4 Å². The van der Waals surface area contributed by atoms with E-state index in [0.717, 1.165) is 37.7 Å². The van der Waals surface area contributed by atoms with E-state index in [1.165, 1.54) is 72.0 Å². The molecule has 0 atom stereocenters. The van der Waals surface area contributed by atoms with E-state index >= 15 is 0 Å². The first-order valence-electron chi connectivity index (χ1n) is 11.2. The Morgan fingerprint density at radius 1 is 0.630 bits per heavy atom. The second-order valence-corrected chi connectivity index (χ2v) is 16.4. The molecule has 0 saturated heterocycles. The number of hydrogen-bond acceptors (Lipinski definition) is 4. The Labute approximate surface area is 170 Å². The van der Waals surface area contributed by atoms with Gasteiger partial charge in [0, 0.05) is 0 Å². The van der Waals surface area contributed by atoms with E-state index in [2.05, 4.69) is 27.4 Å². The number of phosphoric acid groups is 1. The minimum absolute atomic E-state index is 1.04. The molecule has 166 valence electrons. The molecule has 0 radical (unpaired) electrons. The topological polar surface area (TPSA) is 44.8 Å². The van der Waals surface area contributed by atoms with Crippen molar-refractivity contribution in [1.29, 1.82) is 0 Å². The minimum atomic E-state index is -3.48. The molecule has 0 heterocycles. The number of unbranched alkanes of at least 4 members (excludes halogenated alkanes) is 9. The van der Waals surface area contributed by atoms with Crippen LogP contribution in [-0.2, 0) is 17.9 Å². The number of phosphoric ester groups is 1. The van der Waals surface area contributed by atoms with Gasteiger partial charge in [-0.15, -0.1) is 0 Å². The van der Waals surface area contributed by atoms with Gasteiger partial charge in [-0.2, -0.15) is 0 Å². The monoisotopic (exact) mass is 426 g/mol. The van der Waals surface area contributed by atoms with Crippen LogP contribution < -0.4 is 0 Å². The van der Waals surface area contributed by atoms with E-state index in [4.69, 9.17) is 13.4 Å². The van der Waals surface area contributed by atoms with Crippen molar-refractivity contribution in [3.05, 3.63) is 0 Å². The van der Waals surface area contributed by atoms with Gasteiger partial charge in [0.05, 0.1) is 0 Å². The van der Waals surface area contributed by atoms with Gasteiger partial charge in [-0.3, -0.25) is 0 Å². The van der Waals surface area contributed by atoms with Gasteiger partial charge in [0.2, 0.25) is 0 Å². The second-order valence-electron chi connectivity index (χ2n) is 8.44. The molecule has 0 N–H and O–H groups in total.